The number of urea groups is 1. The molecule has 34 heavy (non-hydrogen) atoms. The van der Waals surface area contributed by atoms with Crippen molar-refractivity contribution in [3.05, 3.63) is 87.4 Å². The molecule has 4 nitrogen and oxygen atoms in total. The summed E-state index contributed by atoms with van der Waals surface area (Å²) in [6.45, 7) is 12.7. The van der Waals surface area contributed by atoms with E-state index in [1.54, 1.807) is 11.0 Å². The highest BCUT2D eigenvalue weighted by atomic mass is 35.5. The highest BCUT2D eigenvalue weighted by Crippen LogP contribution is 2.34. The zero-order chi connectivity index (χ0) is 25.3. The van der Waals surface area contributed by atoms with Gasteiger partial charge in [0, 0.05) is 16.4 Å². The average Bonchev–Trinajstić information content (AvgIpc) is 2.85. The van der Waals surface area contributed by atoms with Crippen LogP contribution in [0.25, 0.3) is 0 Å². The lowest BCUT2D eigenvalue weighted by molar-refractivity contribution is 0.256. The monoisotopic (exact) mass is 479 g/mol. The first kappa shape index (κ1) is 27.3. The SMILES string of the molecule is CC.CCc1ccc(N(Cc2ccc(C)cc2)C(=O)Nc2c(CC)c(N)cc(Cl)c2CC)cc1. The number of hydrogen-bond acceptors (Lipinski definition) is 2. The molecule has 5 heteroatoms. The Balaban J connectivity index is 0.00000199. The van der Waals surface area contributed by atoms with Crippen LogP contribution in [-0.2, 0) is 25.8 Å². The first-order valence-corrected chi connectivity index (χ1v) is 12.6. The van der Waals surface area contributed by atoms with Gasteiger partial charge < -0.3 is 11.1 Å². The average molecular weight is 480 g/mol. The van der Waals surface area contributed by atoms with E-state index in [0.717, 1.165) is 34.5 Å². The number of carbonyl (C=O) groups excluding carboxylic acids is 1. The highest BCUT2D eigenvalue weighted by Gasteiger charge is 2.21. The molecule has 0 aliphatic rings. The summed E-state index contributed by atoms with van der Waals surface area (Å²) in [4.78, 5) is 15.4. The van der Waals surface area contributed by atoms with Gasteiger partial charge in [-0.2, -0.15) is 0 Å². The summed E-state index contributed by atoms with van der Waals surface area (Å²) in [7, 11) is 0. The van der Waals surface area contributed by atoms with Crippen LogP contribution in [0, 0.1) is 6.92 Å². The Labute approximate surface area is 210 Å². The van der Waals surface area contributed by atoms with Crippen LogP contribution in [-0.4, -0.2) is 6.03 Å². The van der Waals surface area contributed by atoms with Crippen LogP contribution in [0.4, 0.5) is 21.9 Å². The van der Waals surface area contributed by atoms with E-state index in [1.807, 2.05) is 39.8 Å². The molecule has 182 valence electrons. The Morgan fingerprint density at radius 3 is 1.97 bits per heavy atom. The molecule has 0 radical (unpaired) electrons. The number of aryl methyl sites for hydroxylation is 2. The van der Waals surface area contributed by atoms with Crippen molar-refractivity contribution < 1.29 is 4.79 Å². The van der Waals surface area contributed by atoms with Crippen LogP contribution < -0.4 is 16.0 Å². The number of halogens is 1. The number of nitrogens with two attached hydrogens (primary N) is 1. The summed E-state index contributed by atoms with van der Waals surface area (Å²) in [6, 6.07) is 17.9. The minimum Gasteiger partial charge on any atom is -0.398 e. The Kier molecular flexibility index (Phi) is 10.5. The summed E-state index contributed by atoms with van der Waals surface area (Å²) in [5, 5.41) is 3.72. The van der Waals surface area contributed by atoms with E-state index >= 15 is 0 Å². The Morgan fingerprint density at radius 2 is 1.44 bits per heavy atom. The third kappa shape index (κ3) is 6.54. The lowest BCUT2D eigenvalue weighted by Crippen LogP contribution is -2.35. The molecule has 0 aromatic heterocycles. The van der Waals surface area contributed by atoms with Crippen molar-refractivity contribution in [2.45, 2.75) is 67.3 Å². The van der Waals surface area contributed by atoms with E-state index in [2.05, 4.69) is 55.6 Å². The Hall–Kier alpha value is -2.98. The second kappa shape index (κ2) is 13.0. The van der Waals surface area contributed by atoms with Crippen molar-refractivity contribution in [2.24, 2.45) is 0 Å². The van der Waals surface area contributed by atoms with Gasteiger partial charge in [-0.1, -0.05) is 88.2 Å². The van der Waals surface area contributed by atoms with Crippen LogP contribution in [0.3, 0.4) is 0 Å². The van der Waals surface area contributed by atoms with Crippen molar-refractivity contribution in [2.75, 3.05) is 16.0 Å². The number of amides is 2. The molecule has 2 amide bonds. The minimum absolute atomic E-state index is 0.208. The summed E-state index contributed by atoms with van der Waals surface area (Å²) in [5.74, 6) is 0. The second-order valence-corrected chi connectivity index (χ2v) is 8.42. The first-order chi connectivity index (χ1) is 16.4. The number of benzene rings is 3. The van der Waals surface area contributed by atoms with Gasteiger partial charge in [0.25, 0.3) is 0 Å². The number of rotatable bonds is 7. The molecule has 3 rings (SSSR count). The number of anilines is 3. The van der Waals surface area contributed by atoms with Crippen LogP contribution in [0.2, 0.25) is 5.02 Å². The number of nitrogens with zero attached hydrogens (tertiary/aromatic N) is 1. The van der Waals surface area contributed by atoms with Gasteiger partial charge in [0.2, 0.25) is 0 Å². The third-order valence-electron chi connectivity index (χ3n) is 5.82. The van der Waals surface area contributed by atoms with Crippen LogP contribution in [0.5, 0.6) is 0 Å². The van der Waals surface area contributed by atoms with Crippen molar-refractivity contribution in [3.8, 4) is 0 Å². The standard InChI is InChI=1S/C27H32ClN3O.C2H6/c1-5-19-12-14-21(15-13-19)31(17-20-10-8-18(4)9-11-20)27(32)30-26-22(6-2)24(28)16-25(29)23(26)7-3;1-2/h8-16H,5-7,17,29H2,1-4H3,(H,30,32);1-2H3. The lowest BCUT2D eigenvalue weighted by atomic mass is 10.0. The summed E-state index contributed by atoms with van der Waals surface area (Å²) in [5.41, 5.74) is 13.7. The van der Waals surface area contributed by atoms with Gasteiger partial charge in [0.05, 0.1) is 12.2 Å². The van der Waals surface area contributed by atoms with Crippen molar-refractivity contribution in [1.29, 1.82) is 0 Å². The largest absolute Gasteiger partial charge is 0.398 e. The molecule has 3 aromatic rings. The van der Waals surface area contributed by atoms with Gasteiger partial charge in [-0.25, -0.2) is 4.79 Å². The maximum absolute atomic E-state index is 13.6. The van der Waals surface area contributed by atoms with E-state index < -0.39 is 0 Å². The molecule has 0 aliphatic carbocycles. The molecule has 0 unspecified atom stereocenters. The van der Waals surface area contributed by atoms with Crippen molar-refractivity contribution in [3.63, 3.8) is 0 Å². The molecule has 3 aromatic carbocycles. The zero-order valence-corrected chi connectivity index (χ0v) is 22.1. The van der Waals surface area contributed by atoms with Gasteiger partial charge in [0.15, 0.2) is 0 Å². The lowest BCUT2D eigenvalue weighted by Gasteiger charge is -2.26. The number of hydrogen-bond donors (Lipinski definition) is 2. The number of nitrogen functional groups attached to an aromatic ring is 1. The van der Waals surface area contributed by atoms with Crippen LogP contribution in [0.15, 0.2) is 54.6 Å². The van der Waals surface area contributed by atoms with Gasteiger partial charge in [-0.3, -0.25) is 4.90 Å². The quantitative estimate of drug-likeness (QED) is 0.335. The van der Waals surface area contributed by atoms with Crippen LogP contribution in [0.1, 0.15) is 62.4 Å². The molecule has 0 fully saturated rings. The van der Waals surface area contributed by atoms with Gasteiger partial charge in [-0.05, 0) is 66.6 Å². The fraction of sp³-hybridized carbons (Fsp3) is 0.345. The van der Waals surface area contributed by atoms with Gasteiger partial charge in [0.1, 0.15) is 0 Å². The molecule has 0 heterocycles. The van der Waals surface area contributed by atoms with E-state index in [-0.39, 0.29) is 6.03 Å². The summed E-state index contributed by atoms with van der Waals surface area (Å²) < 4.78 is 0. The maximum Gasteiger partial charge on any atom is 0.326 e. The van der Waals surface area contributed by atoms with E-state index in [1.165, 1.54) is 11.1 Å². The van der Waals surface area contributed by atoms with Gasteiger partial charge in [-0.15, -0.1) is 0 Å². The molecule has 0 bridgehead atoms. The van der Waals surface area contributed by atoms with E-state index in [4.69, 9.17) is 17.3 Å². The molecule has 3 N–H and O–H groups in total. The van der Waals surface area contributed by atoms with Crippen LogP contribution >= 0.6 is 11.6 Å². The summed E-state index contributed by atoms with van der Waals surface area (Å²) >= 11 is 6.48. The van der Waals surface area contributed by atoms with Crippen molar-refractivity contribution >= 4 is 34.7 Å². The highest BCUT2D eigenvalue weighted by molar-refractivity contribution is 6.32. The molecular weight excluding hydrogens is 442 g/mol. The first-order valence-electron chi connectivity index (χ1n) is 12.2. The number of carbonyl (C=O) groups is 1. The summed E-state index contributed by atoms with van der Waals surface area (Å²) in [6.07, 6.45) is 2.35. The zero-order valence-electron chi connectivity index (χ0n) is 21.3. The fourth-order valence-corrected chi connectivity index (χ4v) is 4.22. The predicted molar refractivity (Wildman–Crippen MR) is 148 cm³/mol. The van der Waals surface area contributed by atoms with Crippen molar-refractivity contribution in [1.82, 2.24) is 0 Å². The number of nitrogens with one attached hydrogen (secondary N) is 1. The normalized spacial score (nSPS) is 10.3. The molecule has 0 spiro atoms. The molecule has 0 atom stereocenters. The molecule has 0 aliphatic heterocycles. The fourth-order valence-electron chi connectivity index (χ4n) is 3.88. The smallest absolute Gasteiger partial charge is 0.326 e. The Morgan fingerprint density at radius 1 is 0.882 bits per heavy atom. The van der Waals surface area contributed by atoms with E-state index in [9.17, 15) is 4.79 Å². The second-order valence-electron chi connectivity index (χ2n) is 8.01. The Bertz CT molecular complexity index is 1050. The predicted octanol–water partition coefficient (Wildman–Crippen LogP) is 8.18. The molecular formula is C29H38ClN3O. The molecule has 0 saturated heterocycles. The minimum atomic E-state index is -0.208. The topological polar surface area (TPSA) is 58.4 Å². The third-order valence-corrected chi connectivity index (χ3v) is 6.16. The maximum atomic E-state index is 13.6. The molecule has 0 saturated carbocycles. The van der Waals surface area contributed by atoms with Gasteiger partial charge >= 0.3 is 6.03 Å². The van der Waals surface area contributed by atoms with E-state index in [0.29, 0.717) is 30.1 Å².